The zero-order valence-corrected chi connectivity index (χ0v) is 15.9. The molecule has 3 atom stereocenters. The number of amides is 2. The average Bonchev–Trinajstić information content (AvgIpc) is 2.56. The zero-order chi connectivity index (χ0) is 17.7. The average molecular weight is 341 g/mol. The zero-order valence-electron chi connectivity index (χ0n) is 15.9. The van der Waals surface area contributed by atoms with Gasteiger partial charge in [0.1, 0.15) is 0 Å². The maximum Gasteiger partial charge on any atom is 0.317 e. The highest BCUT2D eigenvalue weighted by Gasteiger charge is 2.29. The third kappa shape index (κ3) is 5.33. The van der Waals surface area contributed by atoms with Crippen LogP contribution in [0.4, 0.5) is 4.79 Å². The van der Waals surface area contributed by atoms with Crippen molar-refractivity contribution in [2.45, 2.75) is 45.8 Å². The fraction of sp³-hybridized carbons (Fsp3) is 0.944. The number of piperidine rings is 1. The summed E-state index contributed by atoms with van der Waals surface area (Å²) < 4.78 is 0. The molecule has 0 aliphatic carbocycles. The number of urea groups is 1. The number of nitrogens with one attached hydrogen (secondary N) is 1. The lowest BCUT2D eigenvalue weighted by Crippen LogP contribution is -2.56. The molecule has 3 unspecified atom stereocenters. The van der Waals surface area contributed by atoms with Gasteiger partial charge in [-0.2, -0.15) is 0 Å². The number of aliphatic hydroxyl groups is 1. The minimum atomic E-state index is -0.339. The lowest BCUT2D eigenvalue weighted by molar-refractivity contribution is 0.0700. The normalized spacial score (nSPS) is 26.4. The molecule has 0 radical (unpaired) electrons. The number of hydrogen-bond acceptors (Lipinski definition) is 4. The Morgan fingerprint density at radius 1 is 1.17 bits per heavy atom. The van der Waals surface area contributed by atoms with Crippen LogP contribution in [0.5, 0.6) is 0 Å². The van der Waals surface area contributed by atoms with E-state index in [1.54, 1.807) is 0 Å². The van der Waals surface area contributed by atoms with Crippen LogP contribution in [0.3, 0.4) is 0 Å². The van der Waals surface area contributed by atoms with Crippen LogP contribution in [0, 0.1) is 11.8 Å². The monoisotopic (exact) mass is 340 g/mol. The summed E-state index contributed by atoms with van der Waals surface area (Å²) in [4.78, 5) is 19.3. The van der Waals surface area contributed by atoms with Gasteiger partial charge in [0.25, 0.3) is 0 Å². The standard InChI is InChI=1S/C18H36N4O2/c1-14(2)17(21-10-8-20(4)9-11-21)12-19-18(24)22-7-5-6-16(13-22)15(3)23/h14-17,23H,5-13H2,1-4H3,(H,19,24). The largest absolute Gasteiger partial charge is 0.393 e. The van der Waals surface area contributed by atoms with Crippen LogP contribution in [0.15, 0.2) is 0 Å². The van der Waals surface area contributed by atoms with Crippen molar-refractivity contribution < 1.29 is 9.90 Å². The maximum atomic E-state index is 12.5. The summed E-state index contributed by atoms with van der Waals surface area (Å²) in [7, 11) is 2.17. The Bertz CT molecular complexity index is 394. The molecule has 2 N–H and O–H groups in total. The highest BCUT2D eigenvalue weighted by molar-refractivity contribution is 5.74. The molecule has 0 saturated carbocycles. The first-order valence-corrected chi connectivity index (χ1v) is 9.52. The summed E-state index contributed by atoms with van der Waals surface area (Å²) in [5.74, 6) is 0.725. The Morgan fingerprint density at radius 3 is 2.42 bits per heavy atom. The van der Waals surface area contributed by atoms with Gasteiger partial charge in [-0.25, -0.2) is 4.79 Å². The van der Waals surface area contributed by atoms with Crippen molar-refractivity contribution in [2.75, 3.05) is 52.9 Å². The number of likely N-dealkylation sites (N-methyl/N-ethyl adjacent to an activating group) is 1. The molecule has 2 heterocycles. The second-order valence-electron chi connectivity index (χ2n) is 7.93. The van der Waals surface area contributed by atoms with Gasteiger partial charge < -0.3 is 20.2 Å². The van der Waals surface area contributed by atoms with E-state index in [-0.39, 0.29) is 18.1 Å². The van der Waals surface area contributed by atoms with Crippen molar-refractivity contribution in [2.24, 2.45) is 11.8 Å². The number of aliphatic hydroxyl groups excluding tert-OH is 1. The Balaban J connectivity index is 1.83. The van der Waals surface area contributed by atoms with Crippen molar-refractivity contribution in [3.8, 4) is 0 Å². The van der Waals surface area contributed by atoms with Crippen LogP contribution >= 0.6 is 0 Å². The van der Waals surface area contributed by atoms with Crippen LogP contribution in [0.2, 0.25) is 0 Å². The van der Waals surface area contributed by atoms with Gasteiger partial charge in [-0.1, -0.05) is 13.8 Å². The molecule has 6 nitrogen and oxygen atoms in total. The van der Waals surface area contributed by atoms with Crippen LogP contribution in [-0.4, -0.2) is 90.8 Å². The highest BCUT2D eigenvalue weighted by Crippen LogP contribution is 2.20. The van der Waals surface area contributed by atoms with Crippen LogP contribution in [-0.2, 0) is 0 Å². The SMILES string of the molecule is CC(C)C(CNC(=O)N1CCCC(C(C)O)C1)N1CCN(C)CC1. The van der Waals surface area contributed by atoms with Crippen molar-refractivity contribution in [3.63, 3.8) is 0 Å². The molecule has 2 fully saturated rings. The summed E-state index contributed by atoms with van der Waals surface area (Å²) in [5, 5.41) is 12.9. The quantitative estimate of drug-likeness (QED) is 0.786. The molecule has 2 aliphatic rings. The number of rotatable bonds is 5. The third-order valence-electron chi connectivity index (χ3n) is 5.67. The highest BCUT2D eigenvalue weighted by atomic mass is 16.3. The molecule has 0 aromatic rings. The molecule has 0 spiro atoms. The van der Waals surface area contributed by atoms with Crippen LogP contribution in [0.1, 0.15) is 33.6 Å². The van der Waals surface area contributed by atoms with Gasteiger partial charge in [0.05, 0.1) is 6.10 Å². The second kappa shape index (κ2) is 9.02. The Labute approximate surface area is 147 Å². The lowest BCUT2D eigenvalue weighted by atomic mass is 9.94. The van der Waals surface area contributed by atoms with E-state index in [9.17, 15) is 9.90 Å². The van der Waals surface area contributed by atoms with Crippen molar-refractivity contribution >= 4 is 6.03 Å². The van der Waals surface area contributed by atoms with Gasteiger partial charge in [0, 0.05) is 57.8 Å². The minimum absolute atomic E-state index is 0.0279. The molecule has 0 aromatic heterocycles. The second-order valence-corrected chi connectivity index (χ2v) is 7.93. The van der Waals surface area contributed by atoms with Gasteiger partial charge in [-0.15, -0.1) is 0 Å². The molecule has 2 aliphatic heterocycles. The molecule has 140 valence electrons. The molecule has 2 saturated heterocycles. The molecule has 2 rings (SSSR count). The van der Waals surface area contributed by atoms with E-state index in [1.807, 2.05) is 11.8 Å². The first-order valence-electron chi connectivity index (χ1n) is 9.52. The van der Waals surface area contributed by atoms with E-state index in [0.717, 1.165) is 45.6 Å². The van der Waals surface area contributed by atoms with Crippen molar-refractivity contribution in [1.29, 1.82) is 0 Å². The van der Waals surface area contributed by atoms with E-state index < -0.39 is 0 Å². The van der Waals surface area contributed by atoms with Crippen molar-refractivity contribution in [1.82, 2.24) is 20.0 Å². The van der Waals surface area contributed by atoms with Gasteiger partial charge in [-0.05, 0) is 32.7 Å². The molecular formula is C18H36N4O2. The van der Waals surface area contributed by atoms with Gasteiger partial charge >= 0.3 is 6.03 Å². The summed E-state index contributed by atoms with van der Waals surface area (Å²) in [5.41, 5.74) is 0. The summed E-state index contributed by atoms with van der Waals surface area (Å²) in [6.45, 7) is 12.8. The summed E-state index contributed by atoms with van der Waals surface area (Å²) >= 11 is 0. The smallest absolute Gasteiger partial charge is 0.317 e. The van der Waals surface area contributed by atoms with Crippen LogP contribution in [0.25, 0.3) is 0 Å². The molecule has 0 bridgehead atoms. The maximum absolute atomic E-state index is 12.5. The van der Waals surface area contributed by atoms with Gasteiger partial charge in [0.2, 0.25) is 0 Å². The number of carbonyl (C=O) groups is 1. The lowest BCUT2D eigenvalue weighted by Gasteiger charge is -2.40. The molecule has 0 aromatic carbocycles. The fourth-order valence-corrected chi connectivity index (χ4v) is 3.83. The predicted octanol–water partition coefficient (Wildman–Crippen LogP) is 1.06. The van der Waals surface area contributed by atoms with E-state index in [4.69, 9.17) is 0 Å². The van der Waals surface area contributed by atoms with Crippen LogP contribution < -0.4 is 5.32 Å². The Hall–Kier alpha value is -0.850. The summed E-state index contributed by atoms with van der Waals surface area (Å²) in [6.07, 6.45) is 1.65. The van der Waals surface area contributed by atoms with Gasteiger partial charge in [-0.3, -0.25) is 4.90 Å². The third-order valence-corrected chi connectivity index (χ3v) is 5.67. The van der Waals surface area contributed by atoms with E-state index >= 15 is 0 Å². The molecule has 24 heavy (non-hydrogen) atoms. The first-order chi connectivity index (χ1) is 11.4. The van der Waals surface area contributed by atoms with E-state index in [0.29, 0.717) is 25.0 Å². The Kier molecular flexibility index (Phi) is 7.32. The molecule has 2 amide bonds. The fourth-order valence-electron chi connectivity index (χ4n) is 3.83. The van der Waals surface area contributed by atoms with Crippen molar-refractivity contribution in [3.05, 3.63) is 0 Å². The van der Waals surface area contributed by atoms with E-state index in [2.05, 4.69) is 36.0 Å². The number of carbonyl (C=O) groups excluding carboxylic acids is 1. The number of likely N-dealkylation sites (tertiary alicyclic amines) is 1. The predicted molar refractivity (Wildman–Crippen MR) is 97.1 cm³/mol. The topological polar surface area (TPSA) is 59.1 Å². The summed E-state index contributed by atoms with van der Waals surface area (Å²) in [6, 6.07) is 0.417. The van der Waals surface area contributed by atoms with E-state index in [1.165, 1.54) is 0 Å². The number of hydrogen-bond donors (Lipinski definition) is 2. The number of piperazine rings is 1. The first kappa shape index (κ1) is 19.5. The number of nitrogens with zero attached hydrogens (tertiary/aromatic N) is 3. The molecule has 6 heteroatoms. The van der Waals surface area contributed by atoms with Gasteiger partial charge in [0.15, 0.2) is 0 Å². The minimum Gasteiger partial charge on any atom is -0.393 e. The molecular weight excluding hydrogens is 304 g/mol. The Morgan fingerprint density at radius 2 is 1.83 bits per heavy atom.